The molecular formula is C19H22N4O2. The maximum absolute atomic E-state index is 11.7. The van der Waals surface area contributed by atoms with Crippen molar-refractivity contribution in [3.63, 3.8) is 0 Å². The van der Waals surface area contributed by atoms with Crippen molar-refractivity contribution < 1.29 is 9.59 Å². The minimum absolute atomic E-state index is 0.0528. The molecule has 1 aromatic heterocycles. The van der Waals surface area contributed by atoms with Crippen LogP contribution in [0.2, 0.25) is 0 Å². The number of aromatic nitrogens is 1. The number of rotatable bonds is 4. The van der Waals surface area contributed by atoms with Crippen molar-refractivity contribution >= 4 is 17.6 Å². The number of carbonyl (C=O) groups is 2. The number of nitrogens with one attached hydrogen (secondary N) is 1. The molecule has 0 saturated carbocycles. The highest BCUT2D eigenvalue weighted by atomic mass is 16.1. The Morgan fingerprint density at radius 1 is 1.20 bits per heavy atom. The lowest BCUT2D eigenvalue weighted by molar-refractivity contribution is -0.119. The summed E-state index contributed by atoms with van der Waals surface area (Å²) < 4.78 is 0. The third-order valence-electron chi connectivity index (χ3n) is 4.57. The van der Waals surface area contributed by atoms with E-state index in [-0.39, 0.29) is 17.9 Å². The monoisotopic (exact) mass is 338 g/mol. The molecule has 0 bridgehead atoms. The Hall–Kier alpha value is -2.89. The van der Waals surface area contributed by atoms with Crippen molar-refractivity contribution in [2.24, 2.45) is 5.73 Å². The van der Waals surface area contributed by atoms with Crippen LogP contribution >= 0.6 is 0 Å². The van der Waals surface area contributed by atoms with E-state index in [4.69, 9.17) is 5.73 Å². The van der Waals surface area contributed by atoms with Crippen LogP contribution in [0.15, 0.2) is 42.6 Å². The number of aryl methyl sites for hydroxylation is 1. The van der Waals surface area contributed by atoms with Gasteiger partial charge in [0.15, 0.2) is 0 Å². The quantitative estimate of drug-likeness (QED) is 0.886. The van der Waals surface area contributed by atoms with Gasteiger partial charge in [-0.3, -0.25) is 9.59 Å². The molecule has 2 heterocycles. The molecular weight excluding hydrogens is 316 g/mol. The SMILES string of the molecule is CC(=O)N[C@@H]1CN(c2ncccc2C(N)=O)C[C@H]1c1ccc(C)cc1. The summed E-state index contributed by atoms with van der Waals surface area (Å²) in [6.45, 7) is 4.80. The molecule has 1 fully saturated rings. The Labute approximate surface area is 147 Å². The van der Waals surface area contributed by atoms with Gasteiger partial charge in [0.25, 0.3) is 5.91 Å². The van der Waals surface area contributed by atoms with Crippen molar-refractivity contribution in [2.75, 3.05) is 18.0 Å². The molecule has 1 aliphatic rings. The van der Waals surface area contributed by atoms with E-state index in [9.17, 15) is 9.59 Å². The van der Waals surface area contributed by atoms with Gasteiger partial charge in [0.2, 0.25) is 5.91 Å². The molecule has 0 unspecified atom stereocenters. The maximum atomic E-state index is 11.7. The van der Waals surface area contributed by atoms with E-state index in [1.54, 1.807) is 18.3 Å². The summed E-state index contributed by atoms with van der Waals surface area (Å²) in [7, 11) is 0. The van der Waals surface area contributed by atoms with Crippen LogP contribution in [0.3, 0.4) is 0 Å². The predicted molar refractivity (Wildman–Crippen MR) is 96.5 cm³/mol. The summed E-state index contributed by atoms with van der Waals surface area (Å²) in [5.74, 6) is 0.116. The lowest BCUT2D eigenvalue weighted by Gasteiger charge is -2.19. The molecule has 2 atom stereocenters. The number of hydrogen-bond donors (Lipinski definition) is 2. The zero-order valence-corrected chi connectivity index (χ0v) is 14.4. The molecule has 6 nitrogen and oxygen atoms in total. The molecule has 25 heavy (non-hydrogen) atoms. The highest BCUT2D eigenvalue weighted by molar-refractivity contribution is 5.97. The molecule has 130 valence electrons. The van der Waals surface area contributed by atoms with Gasteiger partial charge in [0.05, 0.1) is 11.6 Å². The summed E-state index contributed by atoms with van der Waals surface area (Å²) >= 11 is 0. The molecule has 2 aromatic rings. The molecule has 1 saturated heterocycles. The molecule has 0 radical (unpaired) electrons. The van der Waals surface area contributed by atoms with Gasteiger partial charge in [-0.25, -0.2) is 4.98 Å². The maximum Gasteiger partial charge on any atom is 0.252 e. The molecule has 6 heteroatoms. The fourth-order valence-electron chi connectivity index (χ4n) is 3.38. The Morgan fingerprint density at radius 2 is 1.92 bits per heavy atom. The van der Waals surface area contributed by atoms with Crippen molar-refractivity contribution in [3.05, 3.63) is 59.3 Å². The lowest BCUT2D eigenvalue weighted by Crippen LogP contribution is -2.38. The van der Waals surface area contributed by atoms with Gasteiger partial charge in [-0.05, 0) is 24.6 Å². The summed E-state index contributed by atoms with van der Waals surface area (Å²) in [6, 6.07) is 11.6. The number of primary amides is 1. The number of pyridine rings is 1. The zero-order chi connectivity index (χ0) is 18.0. The van der Waals surface area contributed by atoms with Gasteiger partial charge in [-0.2, -0.15) is 0 Å². The van der Waals surface area contributed by atoms with Gasteiger partial charge in [-0.1, -0.05) is 29.8 Å². The molecule has 2 amide bonds. The number of nitrogens with zero attached hydrogens (tertiary/aromatic N) is 2. The van der Waals surface area contributed by atoms with Crippen molar-refractivity contribution in [1.29, 1.82) is 0 Å². The van der Waals surface area contributed by atoms with Crippen LogP contribution in [-0.2, 0) is 4.79 Å². The van der Waals surface area contributed by atoms with E-state index in [1.165, 1.54) is 12.5 Å². The van der Waals surface area contributed by atoms with Gasteiger partial charge < -0.3 is 16.0 Å². The van der Waals surface area contributed by atoms with Crippen molar-refractivity contribution in [3.8, 4) is 0 Å². The van der Waals surface area contributed by atoms with Crippen LogP contribution in [0.4, 0.5) is 5.82 Å². The molecule has 1 aliphatic heterocycles. The van der Waals surface area contributed by atoms with Crippen LogP contribution in [0.25, 0.3) is 0 Å². The minimum Gasteiger partial charge on any atom is -0.365 e. The van der Waals surface area contributed by atoms with E-state index >= 15 is 0 Å². The fourth-order valence-corrected chi connectivity index (χ4v) is 3.38. The van der Waals surface area contributed by atoms with Gasteiger partial charge in [0.1, 0.15) is 5.82 Å². The first kappa shape index (κ1) is 17.0. The average molecular weight is 338 g/mol. The predicted octanol–water partition coefficient (Wildman–Crippen LogP) is 1.60. The van der Waals surface area contributed by atoms with E-state index in [0.29, 0.717) is 24.5 Å². The van der Waals surface area contributed by atoms with Crippen LogP contribution in [0.5, 0.6) is 0 Å². The standard InChI is InChI=1S/C19H22N4O2/c1-12-5-7-14(8-6-12)16-10-23(11-17(16)22-13(2)24)19-15(18(20)25)4-3-9-21-19/h3-9,16-17H,10-11H2,1-2H3,(H2,20,25)(H,22,24)/t16-,17+/m0/s1. The Kier molecular flexibility index (Phi) is 4.70. The summed E-state index contributed by atoms with van der Waals surface area (Å²) in [4.78, 5) is 29.7. The molecule has 0 spiro atoms. The number of benzene rings is 1. The first-order valence-electron chi connectivity index (χ1n) is 8.29. The van der Waals surface area contributed by atoms with E-state index in [1.807, 2.05) is 11.8 Å². The second-order valence-corrected chi connectivity index (χ2v) is 6.47. The summed E-state index contributed by atoms with van der Waals surface area (Å²) in [6.07, 6.45) is 1.65. The zero-order valence-electron chi connectivity index (χ0n) is 14.4. The number of hydrogen-bond acceptors (Lipinski definition) is 4. The first-order valence-corrected chi connectivity index (χ1v) is 8.29. The van der Waals surface area contributed by atoms with Gasteiger partial charge >= 0.3 is 0 Å². The lowest BCUT2D eigenvalue weighted by atomic mass is 9.93. The van der Waals surface area contributed by atoms with Gasteiger partial charge in [-0.15, -0.1) is 0 Å². The Bertz CT molecular complexity index is 788. The highest BCUT2D eigenvalue weighted by Gasteiger charge is 2.36. The van der Waals surface area contributed by atoms with Crippen LogP contribution < -0.4 is 16.0 Å². The van der Waals surface area contributed by atoms with E-state index in [2.05, 4.69) is 34.6 Å². The first-order chi connectivity index (χ1) is 12.0. The second kappa shape index (κ2) is 6.93. The number of nitrogens with two attached hydrogens (primary N) is 1. The normalized spacial score (nSPS) is 19.7. The average Bonchev–Trinajstić information content (AvgIpc) is 2.98. The largest absolute Gasteiger partial charge is 0.365 e. The van der Waals surface area contributed by atoms with Gasteiger partial charge in [0, 0.05) is 32.1 Å². The topological polar surface area (TPSA) is 88.3 Å². The molecule has 0 aliphatic carbocycles. The van der Waals surface area contributed by atoms with E-state index < -0.39 is 5.91 Å². The number of amides is 2. The summed E-state index contributed by atoms with van der Waals surface area (Å²) in [5.41, 5.74) is 8.23. The van der Waals surface area contributed by atoms with Crippen molar-refractivity contribution in [2.45, 2.75) is 25.8 Å². The molecule has 1 aromatic carbocycles. The summed E-state index contributed by atoms with van der Waals surface area (Å²) in [5, 5.41) is 3.03. The third-order valence-corrected chi connectivity index (χ3v) is 4.57. The highest BCUT2D eigenvalue weighted by Crippen LogP contribution is 2.32. The molecule has 3 rings (SSSR count). The fraction of sp³-hybridized carbons (Fsp3) is 0.316. The van der Waals surface area contributed by atoms with Crippen LogP contribution in [-0.4, -0.2) is 35.9 Å². The smallest absolute Gasteiger partial charge is 0.252 e. The second-order valence-electron chi connectivity index (χ2n) is 6.47. The van der Waals surface area contributed by atoms with Crippen molar-refractivity contribution in [1.82, 2.24) is 10.3 Å². The minimum atomic E-state index is -0.502. The van der Waals surface area contributed by atoms with Crippen LogP contribution in [0, 0.1) is 6.92 Å². The Morgan fingerprint density at radius 3 is 2.56 bits per heavy atom. The van der Waals surface area contributed by atoms with E-state index in [0.717, 1.165) is 5.56 Å². The Balaban J connectivity index is 1.93. The number of carbonyl (C=O) groups excluding carboxylic acids is 2. The number of anilines is 1. The third kappa shape index (κ3) is 3.63. The molecule has 3 N–H and O–H groups in total. The van der Waals surface area contributed by atoms with Crippen LogP contribution in [0.1, 0.15) is 34.3 Å².